The first-order valence-corrected chi connectivity index (χ1v) is 8.02. The number of halogens is 1. The largest absolute Gasteiger partial charge is 0.496 e. The Morgan fingerprint density at radius 2 is 1.91 bits per heavy atom. The summed E-state index contributed by atoms with van der Waals surface area (Å²) in [7, 11) is -2.55. The Morgan fingerprint density at radius 3 is 2.50 bits per heavy atom. The molecule has 0 aliphatic rings. The Morgan fingerprint density at radius 1 is 1.23 bits per heavy atom. The molecule has 0 saturated heterocycles. The van der Waals surface area contributed by atoms with Gasteiger partial charge in [0.05, 0.1) is 28.3 Å². The van der Waals surface area contributed by atoms with Crippen LogP contribution < -0.4 is 15.2 Å². The number of nitrogens with one attached hydrogen (secondary N) is 1. The fourth-order valence-corrected chi connectivity index (χ4v) is 2.52. The minimum Gasteiger partial charge on any atom is -0.496 e. The quantitative estimate of drug-likeness (QED) is 0.891. The molecule has 0 fully saturated rings. The third-order valence-electron chi connectivity index (χ3n) is 2.87. The lowest BCUT2D eigenvalue weighted by Gasteiger charge is -2.11. The Balaban J connectivity index is 2.42. The maximum absolute atomic E-state index is 12.3. The molecule has 22 heavy (non-hydrogen) atoms. The van der Waals surface area contributed by atoms with Crippen LogP contribution in [0.2, 0.25) is 5.02 Å². The average molecular weight is 341 g/mol. The minimum atomic E-state index is -3.93. The number of para-hydroxylation sites is 1. The zero-order chi connectivity index (χ0) is 16.3. The van der Waals surface area contributed by atoms with Crippen molar-refractivity contribution in [2.45, 2.75) is 4.90 Å². The number of primary sulfonamides is 1. The number of hydrogen-bond donors (Lipinski definition) is 2. The van der Waals surface area contributed by atoms with Gasteiger partial charge in [-0.15, -0.1) is 0 Å². The molecule has 0 radical (unpaired) electrons. The predicted molar refractivity (Wildman–Crippen MR) is 83.8 cm³/mol. The van der Waals surface area contributed by atoms with Crippen molar-refractivity contribution >= 4 is 33.2 Å². The second kappa shape index (κ2) is 6.35. The van der Waals surface area contributed by atoms with Gasteiger partial charge in [0.1, 0.15) is 5.75 Å². The molecule has 0 spiro atoms. The van der Waals surface area contributed by atoms with Gasteiger partial charge in [-0.3, -0.25) is 4.79 Å². The van der Waals surface area contributed by atoms with E-state index in [9.17, 15) is 13.2 Å². The number of benzene rings is 2. The van der Waals surface area contributed by atoms with Crippen molar-refractivity contribution in [2.24, 2.45) is 5.14 Å². The average Bonchev–Trinajstić information content (AvgIpc) is 2.48. The van der Waals surface area contributed by atoms with E-state index in [4.69, 9.17) is 21.5 Å². The second-order valence-corrected chi connectivity index (χ2v) is 6.31. The van der Waals surface area contributed by atoms with E-state index in [1.54, 1.807) is 24.3 Å². The summed E-state index contributed by atoms with van der Waals surface area (Å²) in [6.45, 7) is 0. The number of amides is 1. The molecule has 0 saturated carbocycles. The van der Waals surface area contributed by atoms with Gasteiger partial charge in [0.2, 0.25) is 10.0 Å². The van der Waals surface area contributed by atoms with Crippen molar-refractivity contribution in [3.05, 3.63) is 53.1 Å². The van der Waals surface area contributed by atoms with Crippen LogP contribution in [0.1, 0.15) is 10.4 Å². The lowest BCUT2D eigenvalue weighted by molar-refractivity contribution is 0.102. The van der Waals surface area contributed by atoms with Gasteiger partial charge in [0.15, 0.2) is 0 Å². The molecule has 3 N–H and O–H groups in total. The zero-order valence-electron chi connectivity index (χ0n) is 11.5. The highest BCUT2D eigenvalue weighted by molar-refractivity contribution is 7.89. The Bertz CT molecular complexity index is 821. The molecule has 116 valence electrons. The normalized spacial score (nSPS) is 11.0. The number of carbonyl (C=O) groups is 1. The van der Waals surface area contributed by atoms with Crippen LogP contribution in [0.4, 0.5) is 5.69 Å². The minimum absolute atomic E-state index is 0.0361. The van der Waals surface area contributed by atoms with Crippen LogP contribution in [0.3, 0.4) is 0 Å². The Kier molecular flexibility index (Phi) is 4.70. The van der Waals surface area contributed by atoms with Crippen LogP contribution in [0, 0.1) is 0 Å². The number of anilines is 1. The summed E-state index contributed by atoms with van der Waals surface area (Å²) in [6.07, 6.45) is 0. The van der Waals surface area contributed by atoms with Crippen LogP contribution in [0.25, 0.3) is 0 Å². The monoisotopic (exact) mass is 340 g/mol. The molecular weight excluding hydrogens is 328 g/mol. The molecule has 2 aromatic carbocycles. The predicted octanol–water partition coefficient (Wildman–Crippen LogP) is 2.25. The van der Waals surface area contributed by atoms with Crippen LogP contribution in [0.15, 0.2) is 47.4 Å². The molecule has 0 bridgehead atoms. The second-order valence-electron chi connectivity index (χ2n) is 4.34. The molecular formula is C14H13ClN2O4S. The Hall–Kier alpha value is -2.09. The first kappa shape index (κ1) is 16.3. The molecule has 1 amide bonds. The SMILES string of the molecule is COc1ccc(S(N)(=O)=O)cc1C(=O)Nc1ccccc1Cl. The van der Waals surface area contributed by atoms with E-state index in [2.05, 4.69) is 5.32 Å². The van der Waals surface area contributed by atoms with E-state index in [0.717, 1.165) is 6.07 Å². The lowest BCUT2D eigenvalue weighted by Crippen LogP contribution is -2.17. The summed E-state index contributed by atoms with van der Waals surface area (Å²) < 4.78 is 27.9. The molecule has 2 aromatic rings. The summed E-state index contributed by atoms with van der Waals surface area (Å²) >= 11 is 5.97. The van der Waals surface area contributed by atoms with Crippen LogP contribution in [-0.2, 0) is 10.0 Å². The molecule has 2 rings (SSSR count). The topological polar surface area (TPSA) is 98.5 Å². The summed E-state index contributed by atoms with van der Waals surface area (Å²) in [6, 6.07) is 10.5. The van der Waals surface area contributed by atoms with Crippen LogP contribution >= 0.6 is 11.6 Å². The maximum atomic E-state index is 12.3. The number of hydrogen-bond acceptors (Lipinski definition) is 4. The smallest absolute Gasteiger partial charge is 0.259 e. The molecule has 0 aliphatic heterocycles. The number of nitrogens with two attached hydrogens (primary N) is 1. The van der Waals surface area contributed by atoms with Gasteiger partial charge in [-0.1, -0.05) is 23.7 Å². The molecule has 0 aromatic heterocycles. The Labute approximate surface area is 132 Å². The van der Waals surface area contributed by atoms with Gasteiger partial charge in [-0.2, -0.15) is 0 Å². The van der Waals surface area contributed by atoms with Crippen molar-refractivity contribution in [3.8, 4) is 5.75 Å². The molecule has 0 aliphatic carbocycles. The van der Waals surface area contributed by atoms with Crippen molar-refractivity contribution < 1.29 is 17.9 Å². The summed E-state index contributed by atoms with van der Waals surface area (Å²) in [5, 5.41) is 8.02. The first-order valence-electron chi connectivity index (χ1n) is 6.09. The number of sulfonamides is 1. The van der Waals surface area contributed by atoms with E-state index in [1.807, 2.05) is 0 Å². The number of methoxy groups -OCH3 is 1. The van der Waals surface area contributed by atoms with Gasteiger partial charge >= 0.3 is 0 Å². The summed E-state index contributed by atoms with van der Waals surface area (Å²) in [4.78, 5) is 12.2. The van der Waals surface area contributed by atoms with E-state index in [1.165, 1.54) is 19.2 Å². The van der Waals surface area contributed by atoms with Gasteiger partial charge in [0.25, 0.3) is 5.91 Å². The third-order valence-corrected chi connectivity index (χ3v) is 4.11. The fourth-order valence-electron chi connectivity index (χ4n) is 1.79. The van der Waals surface area contributed by atoms with E-state index in [0.29, 0.717) is 10.7 Å². The number of rotatable bonds is 4. The lowest BCUT2D eigenvalue weighted by atomic mass is 10.2. The highest BCUT2D eigenvalue weighted by Crippen LogP contribution is 2.25. The number of ether oxygens (including phenoxy) is 1. The van der Waals surface area contributed by atoms with Gasteiger partial charge < -0.3 is 10.1 Å². The van der Waals surface area contributed by atoms with E-state index < -0.39 is 15.9 Å². The molecule has 8 heteroatoms. The molecule has 0 atom stereocenters. The maximum Gasteiger partial charge on any atom is 0.259 e. The van der Waals surface area contributed by atoms with Gasteiger partial charge in [-0.05, 0) is 30.3 Å². The summed E-state index contributed by atoms with van der Waals surface area (Å²) in [5.41, 5.74) is 0.436. The van der Waals surface area contributed by atoms with Gasteiger partial charge in [-0.25, -0.2) is 13.6 Å². The first-order chi connectivity index (χ1) is 10.3. The van der Waals surface area contributed by atoms with E-state index in [-0.39, 0.29) is 16.2 Å². The number of carbonyl (C=O) groups excluding carboxylic acids is 1. The standard InChI is InChI=1S/C14H13ClN2O4S/c1-21-13-7-6-9(22(16,19)20)8-10(13)14(18)17-12-5-3-2-4-11(12)15/h2-8H,1H3,(H,17,18)(H2,16,19,20). The fraction of sp³-hybridized carbons (Fsp3) is 0.0714. The third kappa shape index (κ3) is 3.56. The van der Waals surface area contributed by atoms with E-state index >= 15 is 0 Å². The van der Waals surface area contributed by atoms with Crippen molar-refractivity contribution in [1.29, 1.82) is 0 Å². The molecule has 0 heterocycles. The van der Waals surface area contributed by atoms with Crippen LogP contribution in [-0.4, -0.2) is 21.4 Å². The van der Waals surface area contributed by atoms with Gasteiger partial charge in [0, 0.05) is 0 Å². The highest BCUT2D eigenvalue weighted by Gasteiger charge is 2.18. The summed E-state index contributed by atoms with van der Waals surface area (Å²) in [5.74, 6) is -0.340. The van der Waals surface area contributed by atoms with Crippen molar-refractivity contribution in [3.63, 3.8) is 0 Å². The molecule has 6 nitrogen and oxygen atoms in total. The van der Waals surface area contributed by atoms with Crippen molar-refractivity contribution in [2.75, 3.05) is 12.4 Å². The van der Waals surface area contributed by atoms with Crippen LogP contribution in [0.5, 0.6) is 5.75 Å². The molecule has 0 unspecified atom stereocenters. The zero-order valence-corrected chi connectivity index (χ0v) is 13.1. The highest BCUT2D eigenvalue weighted by atomic mass is 35.5. The van der Waals surface area contributed by atoms with Crippen molar-refractivity contribution in [1.82, 2.24) is 0 Å².